The molecule has 0 spiro atoms. The number of aryl methyl sites for hydroxylation is 2. The molecule has 0 atom stereocenters. The maximum Gasteiger partial charge on any atom is 0.416 e. The standard InChI is InChI=1S/C35H33F3N4O2/c1-22-10-11-23(2)42(22)32-9-5-6-27(39-32)21-33(43)41-19-18-25-20-28(16-17-31(25)41)40-34(44)30-8-4-3-7-29(30)24-12-14-26(15-13-24)35(36,37)38/h5-6,9-17,20H,3-4,7-8,18-19,21H2,1-2H3,(H,40,44). The molecule has 2 aromatic heterocycles. The number of halogens is 3. The lowest BCUT2D eigenvalue weighted by molar-refractivity contribution is -0.137. The number of benzene rings is 2. The monoisotopic (exact) mass is 598 g/mol. The Kier molecular flexibility index (Phi) is 7.88. The fraction of sp³-hybridized carbons (Fsp3) is 0.286. The van der Waals surface area contributed by atoms with Crippen molar-refractivity contribution in [3.8, 4) is 5.82 Å². The molecule has 2 amide bonds. The second-order valence-electron chi connectivity index (χ2n) is 11.4. The van der Waals surface area contributed by atoms with Crippen LogP contribution in [0.2, 0.25) is 0 Å². The number of pyridine rings is 1. The number of nitrogens with zero attached hydrogens (tertiary/aromatic N) is 3. The summed E-state index contributed by atoms with van der Waals surface area (Å²) in [4.78, 5) is 33.3. The van der Waals surface area contributed by atoms with Crippen LogP contribution in [0.5, 0.6) is 0 Å². The Balaban J connectivity index is 1.16. The first-order valence-electron chi connectivity index (χ1n) is 14.8. The summed E-state index contributed by atoms with van der Waals surface area (Å²) < 4.78 is 41.2. The zero-order chi connectivity index (χ0) is 31.0. The summed E-state index contributed by atoms with van der Waals surface area (Å²) >= 11 is 0. The number of rotatable bonds is 6. The Morgan fingerprint density at radius 3 is 2.34 bits per heavy atom. The molecular formula is C35H33F3N4O2. The van der Waals surface area contributed by atoms with Crippen LogP contribution in [0.15, 0.2) is 78.4 Å². The maximum atomic E-state index is 13.4. The molecular weight excluding hydrogens is 565 g/mol. The third-order valence-electron chi connectivity index (χ3n) is 8.46. The van der Waals surface area contributed by atoms with Crippen LogP contribution in [-0.4, -0.2) is 27.9 Å². The molecule has 0 unspecified atom stereocenters. The van der Waals surface area contributed by atoms with Crippen LogP contribution in [0.1, 0.15) is 59.5 Å². The zero-order valence-corrected chi connectivity index (χ0v) is 24.7. The van der Waals surface area contributed by atoms with Crippen LogP contribution < -0.4 is 10.2 Å². The molecule has 226 valence electrons. The minimum atomic E-state index is -4.41. The van der Waals surface area contributed by atoms with Crippen molar-refractivity contribution in [1.82, 2.24) is 9.55 Å². The fourth-order valence-electron chi connectivity index (χ4n) is 6.25. The molecule has 3 heterocycles. The van der Waals surface area contributed by atoms with E-state index in [0.29, 0.717) is 48.3 Å². The number of nitrogens with one attached hydrogen (secondary N) is 1. The van der Waals surface area contributed by atoms with E-state index in [2.05, 4.69) is 9.88 Å². The van der Waals surface area contributed by atoms with Gasteiger partial charge in [-0.2, -0.15) is 13.2 Å². The Morgan fingerprint density at radius 1 is 0.886 bits per heavy atom. The van der Waals surface area contributed by atoms with Gasteiger partial charge in [0.05, 0.1) is 17.7 Å². The molecule has 6 nitrogen and oxygen atoms in total. The van der Waals surface area contributed by atoms with Crippen molar-refractivity contribution < 1.29 is 22.8 Å². The Bertz CT molecular complexity index is 1750. The molecule has 0 saturated carbocycles. The number of carbonyl (C=O) groups excluding carboxylic acids is 2. The van der Waals surface area contributed by atoms with Gasteiger partial charge >= 0.3 is 6.18 Å². The third-order valence-corrected chi connectivity index (χ3v) is 8.46. The smallest absolute Gasteiger partial charge is 0.322 e. The number of hydrogen-bond acceptors (Lipinski definition) is 3. The first kappa shape index (κ1) is 29.4. The SMILES string of the molecule is Cc1ccc(C)n1-c1cccc(CC(=O)N2CCc3cc(NC(=O)C4=C(c5ccc(C(F)(F)F)cc5)CCCC4)ccc32)n1. The lowest BCUT2D eigenvalue weighted by Gasteiger charge is -2.21. The summed E-state index contributed by atoms with van der Waals surface area (Å²) in [6.45, 7) is 4.59. The highest BCUT2D eigenvalue weighted by Gasteiger charge is 2.31. The summed E-state index contributed by atoms with van der Waals surface area (Å²) in [6, 6.07) is 20.4. The van der Waals surface area contributed by atoms with E-state index in [1.54, 1.807) is 11.0 Å². The van der Waals surface area contributed by atoms with Gasteiger partial charge in [0.25, 0.3) is 5.91 Å². The molecule has 2 aromatic carbocycles. The Morgan fingerprint density at radius 2 is 1.61 bits per heavy atom. The van der Waals surface area contributed by atoms with Gasteiger partial charge in [-0.1, -0.05) is 18.2 Å². The maximum absolute atomic E-state index is 13.4. The summed E-state index contributed by atoms with van der Waals surface area (Å²) in [6.07, 6.45) is -0.647. The van der Waals surface area contributed by atoms with E-state index in [4.69, 9.17) is 4.98 Å². The van der Waals surface area contributed by atoms with Crippen LogP contribution >= 0.6 is 0 Å². The van der Waals surface area contributed by atoms with Gasteiger partial charge in [-0.15, -0.1) is 0 Å². The second kappa shape index (κ2) is 11.8. The summed E-state index contributed by atoms with van der Waals surface area (Å²) in [7, 11) is 0. The van der Waals surface area contributed by atoms with Crippen LogP contribution in [-0.2, 0) is 28.6 Å². The molecule has 2 aliphatic rings. The predicted molar refractivity (Wildman–Crippen MR) is 165 cm³/mol. The molecule has 1 N–H and O–H groups in total. The second-order valence-corrected chi connectivity index (χ2v) is 11.4. The molecule has 0 fully saturated rings. The van der Waals surface area contributed by atoms with Crippen molar-refractivity contribution in [2.75, 3.05) is 16.8 Å². The highest BCUT2D eigenvalue weighted by molar-refractivity contribution is 6.09. The van der Waals surface area contributed by atoms with E-state index in [9.17, 15) is 22.8 Å². The van der Waals surface area contributed by atoms with E-state index in [0.717, 1.165) is 59.0 Å². The van der Waals surface area contributed by atoms with E-state index >= 15 is 0 Å². The van der Waals surface area contributed by atoms with Crippen LogP contribution in [0.25, 0.3) is 11.4 Å². The van der Waals surface area contributed by atoms with Crippen molar-refractivity contribution >= 4 is 28.8 Å². The summed E-state index contributed by atoms with van der Waals surface area (Å²) in [5.41, 5.74) is 6.59. The number of carbonyl (C=O) groups is 2. The van der Waals surface area contributed by atoms with Crippen molar-refractivity contribution in [3.05, 3.63) is 112 Å². The number of hydrogen-bond donors (Lipinski definition) is 1. The average Bonchev–Trinajstić information content (AvgIpc) is 3.58. The Labute approximate surface area is 254 Å². The number of alkyl halides is 3. The van der Waals surface area contributed by atoms with E-state index in [1.807, 2.05) is 56.3 Å². The van der Waals surface area contributed by atoms with Gasteiger partial charge < -0.3 is 14.8 Å². The first-order valence-corrected chi connectivity index (χ1v) is 14.8. The normalized spacial score (nSPS) is 15.0. The number of fused-ring (bicyclic) bond motifs is 1. The number of amides is 2. The van der Waals surface area contributed by atoms with Crippen LogP contribution in [0, 0.1) is 13.8 Å². The number of anilines is 2. The topological polar surface area (TPSA) is 67.2 Å². The van der Waals surface area contributed by atoms with Crippen molar-refractivity contribution in [1.29, 1.82) is 0 Å². The van der Waals surface area contributed by atoms with Crippen molar-refractivity contribution in [2.45, 2.75) is 58.5 Å². The molecule has 0 radical (unpaired) electrons. The molecule has 1 aliphatic heterocycles. The van der Waals surface area contributed by atoms with Gasteiger partial charge in [-0.25, -0.2) is 4.98 Å². The third kappa shape index (κ3) is 5.91. The van der Waals surface area contributed by atoms with E-state index < -0.39 is 11.7 Å². The lowest BCUT2D eigenvalue weighted by Crippen LogP contribution is -2.30. The lowest BCUT2D eigenvalue weighted by atomic mass is 9.86. The van der Waals surface area contributed by atoms with Gasteiger partial charge in [0.2, 0.25) is 5.91 Å². The van der Waals surface area contributed by atoms with Gasteiger partial charge in [0, 0.05) is 34.9 Å². The molecule has 6 rings (SSSR count). The van der Waals surface area contributed by atoms with Gasteiger partial charge in [-0.3, -0.25) is 9.59 Å². The average molecular weight is 599 g/mol. The van der Waals surface area contributed by atoms with Gasteiger partial charge in [0.1, 0.15) is 5.82 Å². The van der Waals surface area contributed by atoms with E-state index in [1.165, 1.54) is 12.1 Å². The zero-order valence-electron chi connectivity index (χ0n) is 24.7. The van der Waals surface area contributed by atoms with Gasteiger partial charge in [0.15, 0.2) is 0 Å². The highest BCUT2D eigenvalue weighted by atomic mass is 19.4. The predicted octanol–water partition coefficient (Wildman–Crippen LogP) is 7.61. The minimum Gasteiger partial charge on any atom is -0.322 e. The Hall–Kier alpha value is -4.66. The molecule has 9 heteroatoms. The molecule has 0 saturated heterocycles. The van der Waals surface area contributed by atoms with Gasteiger partial charge in [-0.05, 0) is 117 Å². The van der Waals surface area contributed by atoms with Crippen LogP contribution in [0.4, 0.5) is 24.5 Å². The molecule has 1 aliphatic carbocycles. The first-order chi connectivity index (χ1) is 21.1. The van der Waals surface area contributed by atoms with E-state index in [-0.39, 0.29) is 18.2 Å². The van der Waals surface area contributed by atoms with Crippen molar-refractivity contribution in [2.24, 2.45) is 0 Å². The largest absolute Gasteiger partial charge is 0.416 e. The van der Waals surface area contributed by atoms with Crippen molar-refractivity contribution in [3.63, 3.8) is 0 Å². The fourth-order valence-corrected chi connectivity index (χ4v) is 6.25. The molecule has 0 bridgehead atoms. The summed E-state index contributed by atoms with van der Waals surface area (Å²) in [5, 5.41) is 3.00. The molecule has 44 heavy (non-hydrogen) atoms. The summed E-state index contributed by atoms with van der Waals surface area (Å²) in [5.74, 6) is 0.497. The number of aromatic nitrogens is 2. The molecule has 4 aromatic rings. The highest BCUT2D eigenvalue weighted by Crippen LogP contribution is 2.36. The number of allylic oxidation sites excluding steroid dienone is 1. The minimum absolute atomic E-state index is 0.0420. The van der Waals surface area contributed by atoms with Crippen LogP contribution in [0.3, 0.4) is 0 Å². The quantitative estimate of drug-likeness (QED) is 0.249.